The van der Waals surface area contributed by atoms with Gasteiger partial charge in [-0.05, 0) is 12.8 Å². The molecule has 2 fully saturated rings. The van der Waals surface area contributed by atoms with E-state index in [4.69, 9.17) is 4.42 Å². The SMILES string of the molecule is Cl.c1nc(CN2CCNCC23CCCCC3)co1. The number of halogens is 1. The van der Waals surface area contributed by atoms with E-state index in [1.54, 1.807) is 6.26 Å². The summed E-state index contributed by atoms with van der Waals surface area (Å²) in [6, 6.07) is 0. The molecule has 0 bridgehead atoms. The molecular formula is C13H22ClN3O. The molecular weight excluding hydrogens is 250 g/mol. The van der Waals surface area contributed by atoms with Gasteiger partial charge in [-0.1, -0.05) is 19.3 Å². The summed E-state index contributed by atoms with van der Waals surface area (Å²) in [6.07, 6.45) is 10.1. The first-order valence-corrected chi connectivity index (χ1v) is 6.72. The maximum atomic E-state index is 5.08. The van der Waals surface area contributed by atoms with Crippen molar-refractivity contribution in [1.29, 1.82) is 0 Å². The fourth-order valence-corrected chi connectivity index (χ4v) is 3.34. The third-order valence-corrected chi connectivity index (χ3v) is 4.30. The second-order valence-electron chi connectivity index (χ2n) is 5.36. The van der Waals surface area contributed by atoms with E-state index in [0.29, 0.717) is 5.54 Å². The highest BCUT2D eigenvalue weighted by Crippen LogP contribution is 2.35. The zero-order valence-electron chi connectivity index (χ0n) is 10.7. The Bertz CT molecular complexity index is 341. The van der Waals surface area contributed by atoms with Crippen molar-refractivity contribution in [2.75, 3.05) is 19.6 Å². The van der Waals surface area contributed by atoms with E-state index in [1.807, 2.05) is 0 Å². The lowest BCUT2D eigenvalue weighted by Gasteiger charge is -2.49. The molecule has 0 atom stereocenters. The van der Waals surface area contributed by atoms with Gasteiger partial charge in [0.1, 0.15) is 6.26 Å². The van der Waals surface area contributed by atoms with Crippen molar-refractivity contribution in [2.24, 2.45) is 0 Å². The van der Waals surface area contributed by atoms with Crippen LogP contribution in [0.1, 0.15) is 37.8 Å². The van der Waals surface area contributed by atoms with Crippen molar-refractivity contribution in [3.05, 3.63) is 18.4 Å². The number of hydrogen-bond acceptors (Lipinski definition) is 4. The monoisotopic (exact) mass is 271 g/mol. The van der Waals surface area contributed by atoms with Gasteiger partial charge >= 0.3 is 0 Å². The minimum Gasteiger partial charge on any atom is -0.451 e. The molecule has 1 spiro atoms. The highest BCUT2D eigenvalue weighted by Gasteiger charge is 2.39. The first kappa shape index (κ1) is 13.8. The third kappa shape index (κ3) is 2.71. The average Bonchev–Trinajstić information content (AvgIpc) is 2.86. The third-order valence-electron chi connectivity index (χ3n) is 4.30. The number of piperazine rings is 1. The summed E-state index contributed by atoms with van der Waals surface area (Å²) in [6.45, 7) is 4.31. The molecule has 1 aliphatic heterocycles. The highest BCUT2D eigenvalue weighted by molar-refractivity contribution is 5.85. The number of hydrogen-bond donors (Lipinski definition) is 1. The van der Waals surface area contributed by atoms with Gasteiger partial charge in [-0.25, -0.2) is 4.98 Å². The lowest BCUT2D eigenvalue weighted by atomic mass is 9.79. The number of rotatable bonds is 2. The molecule has 1 saturated heterocycles. The molecule has 102 valence electrons. The van der Waals surface area contributed by atoms with E-state index < -0.39 is 0 Å². The molecule has 2 heterocycles. The van der Waals surface area contributed by atoms with Crippen molar-refractivity contribution in [3.63, 3.8) is 0 Å². The van der Waals surface area contributed by atoms with E-state index >= 15 is 0 Å². The topological polar surface area (TPSA) is 41.3 Å². The van der Waals surface area contributed by atoms with Crippen LogP contribution >= 0.6 is 12.4 Å². The molecule has 1 N–H and O–H groups in total. The molecule has 1 aliphatic carbocycles. The number of nitrogens with one attached hydrogen (secondary N) is 1. The normalized spacial score (nSPS) is 23.8. The van der Waals surface area contributed by atoms with E-state index in [2.05, 4.69) is 15.2 Å². The Labute approximate surface area is 115 Å². The first-order valence-electron chi connectivity index (χ1n) is 6.72. The van der Waals surface area contributed by atoms with Gasteiger partial charge in [-0.3, -0.25) is 4.90 Å². The fraction of sp³-hybridized carbons (Fsp3) is 0.769. The van der Waals surface area contributed by atoms with Crippen LogP contribution < -0.4 is 5.32 Å². The van der Waals surface area contributed by atoms with Crippen LogP contribution in [0.4, 0.5) is 0 Å². The van der Waals surface area contributed by atoms with Crippen molar-refractivity contribution in [3.8, 4) is 0 Å². The molecule has 0 unspecified atom stereocenters. The molecule has 0 amide bonds. The summed E-state index contributed by atoms with van der Waals surface area (Å²) < 4.78 is 5.08. The molecule has 0 radical (unpaired) electrons. The fourth-order valence-electron chi connectivity index (χ4n) is 3.34. The second-order valence-corrected chi connectivity index (χ2v) is 5.36. The minimum absolute atomic E-state index is 0. The molecule has 0 aromatic carbocycles. The lowest BCUT2D eigenvalue weighted by Crippen LogP contribution is -2.61. The van der Waals surface area contributed by atoms with Gasteiger partial charge in [0.05, 0.1) is 5.69 Å². The number of oxazole rings is 1. The largest absolute Gasteiger partial charge is 0.451 e. The second kappa shape index (κ2) is 6.04. The van der Waals surface area contributed by atoms with Gasteiger partial charge in [0, 0.05) is 31.7 Å². The van der Waals surface area contributed by atoms with Gasteiger partial charge in [-0.2, -0.15) is 0 Å². The summed E-state index contributed by atoms with van der Waals surface area (Å²) >= 11 is 0. The first-order chi connectivity index (χ1) is 8.39. The highest BCUT2D eigenvalue weighted by atomic mass is 35.5. The van der Waals surface area contributed by atoms with Gasteiger partial charge in [0.15, 0.2) is 6.39 Å². The molecule has 4 nitrogen and oxygen atoms in total. The molecule has 1 saturated carbocycles. The molecule has 5 heteroatoms. The lowest BCUT2D eigenvalue weighted by molar-refractivity contribution is 0.0199. The predicted octanol–water partition coefficient (Wildman–Crippen LogP) is 2.20. The number of nitrogens with zero attached hydrogens (tertiary/aromatic N) is 2. The standard InChI is InChI=1S/C13H21N3O.ClH/c1-2-4-13(5-3-1)10-14-6-7-16(13)8-12-9-17-11-15-12;/h9,11,14H,1-8,10H2;1H. The summed E-state index contributed by atoms with van der Waals surface area (Å²) in [4.78, 5) is 6.89. The Kier molecular flexibility index (Phi) is 4.65. The van der Waals surface area contributed by atoms with E-state index in [0.717, 1.165) is 31.9 Å². The van der Waals surface area contributed by atoms with Crippen LogP contribution in [0, 0.1) is 0 Å². The number of aromatic nitrogens is 1. The predicted molar refractivity (Wildman–Crippen MR) is 72.8 cm³/mol. The maximum absolute atomic E-state index is 5.08. The molecule has 1 aromatic rings. The van der Waals surface area contributed by atoms with Crippen LogP contribution in [-0.2, 0) is 6.54 Å². The quantitative estimate of drug-likeness (QED) is 0.895. The Morgan fingerprint density at radius 3 is 2.89 bits per heavy atom. The summed E-state index contributed by atoms with van der Waals surface area (Å²) in [7, 11) is 0. The van der Waals surface area contributed by atoms with Gasteiger partial charge in [-0.15, -0.1) is 12.4 Å². The van der Waals surface area contributed by atoms with E-state index in [9.17, 15) is 0 Å². The van der Waals surface area contributed by atoms with E-state index in [-0.39, 0.29) is 12.4 Å². The zero-order valence-corrected chi connectivity index (χ0v) is 11.5. The van der Waals surface area contributed by atoms with Gasteiger partial charge in [0.2, 0.25) is 0 Å². The van der Waals surface area contributed by atoms with Crippen LogP contribution in [0.3, 0.4) is 0 Å². The van der Waals surface area contributed by atoms with Crippen LogP contribution in [-0.4, -0.2) is 35.1 Å². The van der Waals surface area contributed by atoms with Crippen LogP contribution in [0.15, 0.2) is 17.1 Å². The summed E-state index contributed by atoms with van der Waals surface area (Å²) in [5.74, 6) is 0. The van der Waals surface area contributed by atoms with Crippen LogP contribution in [0.25, 0.3) is 0 Å². The van der Waals surface area contributed by atoms with Gasteiger partial charge < -0.3 is 9.73 Å². The van der Waals surface area contributed by atoms with E-state index in [1.165, 1.54) is 38.5 Å². The average molecular weight is 272 g/mol. The molecule has 2 aliphatic rings. The molecule has 3 rings (SSSR count). The summed E-state index contributed by atoms with van der Waals surface area (Å²) in [5.41, 5.74) is 1.45. The van der Waals surface area contributed by atoms with Crippen LogP contribution in [0.5, 0.6) is 0 Å². The van der Waals surface area contributed by atoms with Crippen LogP contribution in [0.2, 0.25) is 0 Å². The van der Waals surface area contributed by atoms with Crippen molar-refractivity contribution in [1.82, 2.24) is 15.2 Å². The molecule has 18 heavy (non-hydrogen) atoms. The Morgan fingerprint density at radius 1 is 1.33 bits per heavy atom. The smallest absolute Gasteiger partial charge is 0.180 e. The minimum atomic E-state index is 0. The van der Waals surface area contributed by atoms with Gasteiger partial charge in [0.25, 0.3) is 0 Å². The summed E-state index contributed by atoms with van der Waals surface area (Å²) in [5, 5.41) is 3.57. The van der Waals surface area contributed by atoms with Crippen molar-refractivity contribution >= 4 is 12.4 Å². The van der Waals surface area contributed by atoms with Crippen molar-refractivity contribution in [2.45, 2.75) is 44.2 Å². The zero-order chi connectivity index (χ0) is 11.6. The Morgan fingerprint density at radius 2 is 2.17 bits per heavy atom. The van der Waals surface area contributed by atoms with Crippen molar-refractivity contribution < 1.29 is 4.42 Å². The molecule has 1 aromatic heterocycles. The Balaban J connectivity index is 0.00000120. The maximum Gasteiger partial charge on any atom is 0.180 e. The Hall–Kier alpha value is -0.580.